The number of carbonyl (C=O) groups excluding carboxylic acids is 1. The maximum Gasteiger partial charge on any atom is 0.273 e. The summed E-state index contributed by atoms with van der Waals surface area (Å²) >= 11 is 3.33. The highest BCUT2D eigenvalue weighted by Crippen LogP contribution is 1.98. The predicted octanol–water partition coefficient (Wildman–Crippen LogP) is 0.565. The van der Waals surface area contributed by atoms with Crippen molar-refractivity contribution in [2.24, 2.45) is 5.92 Å². The molecule has 6 heteroatoms. The van der Waals surface area contributed by atoms with Crippen molar-refractivity contribution in [3.63, 3.8) is 0 Å². The Balaban J connectivity index is 2.35. The van der Waals surface area contributed by atoms with Gasteiger partial charge in [-0.2, -0.15) is 15.4 Å². The topological polar surface area (TPSA) is 70.7 Å². The van der Waals surface area contributed by atoms with Crippen LogP contribution in [0.4, 0.5) is 0 Å². The van der Waals surface area contributed by atoms with Gasteiger partial charge in [0.1, 0.15) is 0 Å². The molecule has 0 aliphatic heterocycles. The molecule has 1 unspecified atom stereocenters. The van der Waals surface area contributed by atoms with Crippen LogP contribution in [0.25, 0.3) is 0 Å². The third-order valence-electron chi connectivity index (χ3n) is 1.52. The Kier molecular flexibility index (Phi) is 3.88. The second-order valence-corrected chi connectivity index (χ2v) is 3.47. The number of nitrogens with one attached hydrogen (secondary N) is 2. The average Bonchev–Trinajstić information content (AvgIpc) is 2.66. The van der Waals surface area contributed by atoms with Gasteiger partial charge in [0.05, 0.1) is 6.20 Å². The molecule has 1 atom stereocenters. The maximum atomic E-state index is 11.3. The van der Waals surface area contributed by atoms with Gasteiger partial charge in [0, 0.05) is 11.9 Å². The van der Waals surface area contributed by atoms with Crippen LogP contribution in [0.2, 0.25) is 0 Å². The molecule has 0 radical (unpaired) electrons. The summed E-state index contributed by atoms with van der Waals surface area (Å²) in [6.45, 7) is 2.68. The number of amides is 1. The van der Waals surface area contributed by atoms with Crippen LogP contribution in [0.3, 0.4) is 0 Å². The van der Waals surface area contributed by atoms with Crippen molar-refractivity contribution in [1.29, 1.82) is 0 Å². The van der Waals surface area contributed by atoms with Gasteiger partial charge in [-0.15, -0.1) is 0 Å². The molecule has 72 valence electrons. The van der Waals surface area contributed by atoms with Gasteiger partial charge >= 0.3 is 0 Å². The van der Waals surface area contributed by atoms with Crippen LogP contribution in [-0.2, 0) is 0 Å². The monoisotopic (exact) mass is 246 g/mol. The first-order valence-electron chi connectivity index (χ1n) is 3.94. The van der Waals surface area contributed by atoms with Crippen LogP contribution in [0.5, 0.6) is 0 Å². The summed E-state index contributed by atoms with van der Waals surface area (Å²) < 4.78 is 0. The van der Waals surface area contributed by atoms with Gasteiger partial charge in [0.25, 0.3) is 5.91 Å². The zero-order valence-electron chi connectivity index (χ0n) is 7.25. The molecule has 0 bridgehead atoms. The minimum Gasteiger partial charge on any atom is -0.350 e. The number of carbonyl (C=O) groups is 1. The minimum atomic E-state index is -0.193. The summed E-state index contributed by atoms with van der Waals surface area (Å²) in [7, 11) is 0. The first-order chi connectivity index (χ1) is 6.24. The van der Waals surface area contributed by atoms with Crippen molar-refractivity contribution >= 4 is 21.8 Å². The lowest BCUT2D eigenvalue weighted by Crippen LogP contribution is -2.29. The Labute approximate surface area is 84.4 Å². The largest absolute Gasteiger partial charge is 0.350 e. The number of H-pyrrole nitrogens is 1. The molecule has 1 aromatic heterocycles. The summed E-state index contributed by atoms with van der Waals surface area (Å²) in [5, 5.41) is 13.2. The quantitative estimate of drug-likeness (QED) is 0.764. The number of aromatic nitrogens is 3. The van der Waals surface area contributed by atoms with Gasteiger partial charge in [-0.25, -0.2) is 0 Å². The van der Waals surface area contributed by atoms with E-state index in [1.807, 2.05) is 6.92 Å². The molecule has 13 heavy (non-hydrogen) atoms. The van der Waals surface area contributed by atoms with E-state index in [1.54, 1.807) is 0 Å². The van der Waals surface area contributed by atoms with E-state index < -0.39 is 0 Å². The lowest BCUT2D eigenvalue weighted by molar-refractivity contribution is 0.0944. The van der Waals surface area contributed by atoms with Gasteiger partial charge in [-0.05, 0) is 5.92 Å². The summed E-state index contributed by atoms with van der Waals surface area (Å²) in [6.07, 6.45) is 1.40. The van der Waals surface area contributed by atoms with Crippen molar-refractivity contribution in [1.82, 2.24) is 20.7 Å². The highest BCUT2D eigenvalue weighted by molar-refractivity contribution is 9.09. The smallest absolute Gasteiger partial charge is 0.273 e. The third kappa shape index (κ3) is 3.14. The lowest BCUT2D eigenvalue weighted by Gasteiger charge is -2.07. The number of aromatic amines is 1. The Morgan fingerprint density at radius 1 is 1.85 bits per heavy atom. The van der Waals surface area contributed by atoms with Crippen LogP contribution in [0.1, 0.15) is 17.4 Å². The molecular formula is C7H11BrN4O. The van der Waals surface area contributed by atoms with Crippen molar-refractivity contribution in [2.45, 2.75) is 6.92 Å². The Morgan fingerprint density at radius 3 is 3.15 bits per heavy atom. The molecule has 1 aromatic rings. The minimum absolute atomic E-state index is 0.193. The summed E-state index contributed by atoms with van der Waals surface area (Å²) in [5.41, 5.74) is 0.321. The molecule has 0 saturated heterocycles. The van der Waals surface area contributed by atoms with E-state index in [-0.39, 0.29) is 5.91 Å². The maximum absolute atomic E-state index is 11.3. The Bertz CT molecular complexity index is 261. The van der Waals surface area contributed by atoms with Crippen LogP contribution in [-0.4, -0.2) is 33.2 Å². The van der Waals surface area contributed by atoms with E-state index in [9.17, 15) is 4.79 Å². The highest BCUT2D eigenvalue weighted by Gasteiger charge is 2.08. The number of halogens is 1. The van der Waals surface area contributed by atoms with Gasteiger partial charge in [-0.3, -0.25) is 4.79 Å². The molecule has 0 saturated carbocycles. The molecule has 0 aliphatic rings. The Morgan fingerprint density at radius 2 is 2.62 bits per heavy atom. The molecule has 5 nitrogen and oxygen atoms in total. The van der Waals surface area contributed by atoms with Crippen molar-refractivity contribution in [3.05, 3.63) is 11.9 Å². The van der Waals surface area contributed by atoms with Crippen LogP contribution >= 0.6 is 15.9 Å². The second kappa shape index (κ2) is 4.96. The van der Waals surface area contributed by atoms with E-state index in [2.05, 4.69) is 36.7 Å². The number of hydrogen-bond acceptors (Lipinski definition) is 3. The molecule has 0 fully saturated rings. The second-order valence-electron chi connectivity index (χ2n) is 2.82. The van der Waals surface area contributed by atoms with E-state index in [0.29, 0.717) is 18.2 Å². The summed E-state index contributed by atoms with van der Waals surface area (Å²) in [6, 6.07) is 0. The predicted molar refractivity (Wildman–Crippen MR) is 51.7 cm³/mol. The van der Waals surface area contributed by atoms with Gasteiger partial charge in [0.2, 0.25) is 0 Å². The lowest BCUT2D eigenvalue weighted by atomic mass is 10.2. The average molecular weight is 247 g/mol. The van der Waals surface area contributed by atoms with Crippen LogP contribution < -0.4 is 5.32 Å². The first-order valence-corrected chi connectivity index (χ1v) is 5.06. The number of rotatable bonds is 4. The molecule has 0 aliphatic carbocycles. The fourth-order valence-corrected chi connectivity index (χ4v) is 0.952. The van der Waals surface area contributed by atoms with E-state index in [4.69, 9.17) is 0 Å². The molecule has 1 amide bonds. The van der Waals surface area contributed by atoms with Gasteiger partial charge < -0.3 is 5.32 Å². The molecule has 0 aromatic carbocycles. The third-order valence-corrected chi connectivity index (χ3v) is 2.63. The number of hydrogen-bond donors (Lipinski definition) is 2. The van der Waals surface area contributed by atoms with Crippen LogP contribution in [0.15, 0.2) is 6.20 Å². The van der Waals surface area contributed by atoms with E-state index in [0.717, 1.165) is 5.33 Å². The highest BCUT2D eigenvalue weighted by atomic mass is 79.9. The molecule has 1 heterocycles. The van der Waals surface area contributed by atoms with E-state index in [1.165, 1.54) is 6.20 Å². The number of nitrogens with zero attached hydrogens (tertiary/aromatic N) is 2. The summed E-state index contributed by atoms with van der Waals surface area (Å²) in [4.78, 5) is 11.3. The van der Waals surface area contributed by atoms with E-state index >= 15 is 0 Å². The fourth-order valence-electron chi connectivity index (χ4n) is 0.723. The molecule has 0 spiro atoms. The zero-order chi connectivity index (χ0) is 9.68. The fraction of sp³-hybridized carbons (Fsp3) is 0.571. The Hall–Kier alpha value is -0.910. The van der Waals surface area contributed by atoms with Crippen molar-refractivity contribution in [3.8, 4) is 0 Å². The molecule has 2 N–H and O–H groups in total. The van der Waals surface area contributed by atoms with Crippen LogP contribution in [0, 0.1) is 5.92 Å². The van der Waals surface area contributed by atoms with Gasteiger partial charge in [0.15, 0.2) is 5.69 Å². The van der Waals surface area contributed by atoms with Crippen molar-refractivity contribution in [2.75, 3.05) is 11.9 Å². The standard InChI is InChI=1S/C7H11BrN4O/c1-5(2-8)3-9-7(13)6-4-10-12-11-6/h4-5H,2-3H2,1H3,(H,9,13)(H,10,11,12). The molecular weight excluding hydrogens is 236 g/mol. The molecule has 1 rings (SSSR count). The normalized spacial score (nSPS) is 12.5. The zero-order valence-corrected chi connectivity index (χ0v) is 8.84. The van der Waals surface area contributed by atoms with Crippen molar-refractivity contribution < 1.29 is 4.79 Å². The summed E-state index contributed by atoms with van der Waals surface area (Å²) in [5.74, 6) is 0.220. The SMILES string of the molecule is CC(CBr)CNC(=O)c1cn[nH]n1. The number of alkyl halides is 1. The van der Waals surface area contributed by atoms with Gasteiger partial charge in [-0.1, -0.05) is 22.9 Å². The first kappa shape index (κ1) is 10.2.